The van der Waals surface area contributed by atoms with Crippen LogP contribution in [0.4, 0.5) is 13.2 Å². The third kappa shape index (κ3) is 4.78. The normalized spacial score (nSPS) is 13.6. The molecule has 0 aliphatic heterocycles. The maximum absolute atomic E-state index is 12.7. The van der Waals surface area contributed by atoms with Crippen LogP contribution in [-0.4, -0.2) is 22.3 Å². The maximum Gasteiger partial charge on any atom is 0.416 e. The van der Waals surface area contributed by atoms with E-state index in [2.05, 4.69) is 5.32 Å². The summed E-state index contributed by atoms with van der Waals surface area (Å²) in [6.07, 6.45) is -4.33. The predicted molar refractivity (Wildman–Crippen MR) is 66.7 cm³/mol. The van der Waals surface area contributed by atoms with Crippen LogP contribution in [0.2, 0.25) is 0 Å². The van der Waals surface area contributed by atoms with Crippen molar-refractivity contribution < 1.29 is 17.4 Å². The van der Waals surface area contributed by atoms with Gasteiger partial charge in [-0.15, -0.1) is 0 Å². The highest BCUT2D eigenvalue weighted by molar-refractivity contribution is 7.84. The summed E-state index contributed by atoms with van der Waals surface area (Å²) in [5.41, 5.74) is -0.401. The van der Waals surface area contributed by atoms with Crippen LogP contribution in [0.3, 0.4) is 0 Å². The van der Waals surface area contributed by atoms with Crippen LogP contribution in [0, 0.1) is 0 Å². The lowest BCUT2D eigenvalue weighted by atomic mass is 10.1. The van der Waals surface area contributed by atoms with Crippen molar-refractivity contribution in [3.8, 4) is 0 Å². The average molecular weight is 279 g/mol. The van der Waals surface area contributed by atoms with Gasteiger partial charge < -0.3 is 5.32 Å². The Bertz CT molecular complexity index is 407. The molecule has 18 heavy (non-hydrogen) atoms. The van der Waals surface area contributed by atoms with Crippen molar-refractivity contribution in [3.05, 3.63) is 35.4 Å². The zero-order valence-corrected chi connectivity index (χ0v) is 10.9. The smallest absolute Gasteiger partial charge is 0.312 e. The zero-order chi connectivity index (χ0) is 13.6. The molecule has 1 atom stereocenters. The minimum Gasteiger partial charge on any atom is -0.312 e. The van der Waals surface area contributed by atoms with Gasteiger partial charge in [-0.1, -0.05) is 25.1 Å². The van der Waals surface area contributed by atoms with Gasteiger partial charge in [0.05, 0.1) is 5.56 Å². The van der Waals surface area contributed by atoms with Crippen molar-refractivity contribution >= 4 is 10.8 Å². The van der Waals surface area contributed by atoms with Crippen LogP contribution < -0.4 is 5.32 Å². The Morgan fingerprint density at radius 1 is 1.28 bits per heavy atom. The van der Waals surface area contributed by atoms with Crippen molar-refractivity contribution in [3.63, 3.8) is 0 Å². The van der Waals surface area contributed by atoms with Gasteiger partial charge in [-0.05, 0) is 11.6 Å². The second-order valence-electron chi connectivity index (χ2n) is 3.76. The van der Waals surface area contributed by atoms with E-state index in [4.69, 9.17) is 0 Å². The molecule has 1 unspecified atom stereocenters. The van der Waals surface area contributed by atoms with Crippen LogP contribution in [0.1, 0.15) is 18.1 Å². The van der Waals surface area contributed by atoms with Gasteiger partial charge >= 0.3 is 6.18 Å². The fourth-order valence-electron chi connectivity index (χ4n) is 1.50. The summed E-state index contributed by atoms with van der Waals surface area (Å²) < 4.78 is 49.1. The van der Waals surface area contributed by atoms with Crippen molar-refractivity contribution in [1.82, 2.24) is 5.32 Å². The van der Waals surface area contributed by atoms with Crippen LogP contribution in [-0.2, 0) is 23.5 Å². The molecule has 1 rings (SSSR count). The summed E-state index contributed by atoms with van der Waals surface area (Å²) in [6.45, 7) is 2.40. The van der Waals surface area contributed by atoms with E-state index in [-0.39, 0.29) is 12.1 Å². The molecule has 0 fully saturated rings. The number of hydrogen-bond donors (Lipinski definition) is 1. The summed E-state index contributed by atoms with van der Waals surface area (Å²) in [5.74, 6) is 1.03. The molecule has 0 bridgehead atoms. The SMILES string of the molecule is CCS(=O)CCNCc1ccccc1C(F)(F)F. The Kier molecular flexibility index (Phi) is 5.81. The molecular formula is C12H16F3NOS. The lowest BCUT2D eigenvalue weighted by Crippen LogP contribution is -2.22. The van der Waals surface area contributed by atoms with E-state index in [1.165, 1.54) is 12.1 Å². The Hall–Kier alpha value is -0.880. The highest BCUT2D eigenvalue weighted by Crippen LogP contribution is 2.31. The van der Waals surface area contributed by atoms with Gasteiger partial charge in [0.2, 0.25) is 0 Å². The van der Waals surface area contributed by atoms with E-state index in [1.54, 1.807) is 6.07 Å². The molecule has 6 heteroatoms. The van der Waals surface area contributed by atoms with Crippen molar-refractivity contribution in [1.29, 1.82) is 0 Å². The van der Waals surface area contributed by atoms with Crippen LogP contribution in [0.25, 0.3) is 0 Å². The first kappa shape index (κ1) is 15.2. The number of benzene rings is 1. The highest BCUT2D eigenvalue weighted by Gasteiger charge is 2.32. The largest absolute Gasteiger partial charge is 0.416 e. The van der Waals surface area contributed by atoms with Crippen molar-refractivity contribution in [2.45, 2.75) is 19.6 Å². The lowest BCUT2D eigenvalue weighted by molar-refractivity contribution is -0.138. The molecule has 0 heterocycles. The van der Waals surface area contributed by atoms with E-state index >= 15 is 0 Å². The molecule has 0 aromatic heterocycles. The van der Waals surface area contributed by atoms with Crippen LogP contribution >= 0.6 is 0 Å². The molecule has 102 valence electrons. The van der Waals surface area contributed by atoms with Crippen molar-refractivity contribution in [2.75, 3.05) is 18.1 Å². The Labute approximate surface area is 107 Å². The topological polar surface area (TPSA) is 29.1 Å². The Balaban J connectivity index is 2.55. The molecular weight excluding hydrogens is 263 g/mol. The van der Waals surface area contributed by atoms with Gasteiger partial charge in [0, 0.05) is 35.4 Å². The van der Waals surface area contributed by atoms with Crippen LogP contribution in [0.15, 0.2) is 24.3 Å². The number of halogens is 3. The molecule has 0 aliphatic rings. The molecule has 0 saturated carbocycles. The monoisotopic (exact) mass is 279 g/mol. The van der Waals surface area contributed by atoms with E-state index < -0.39 is 22.5 Å². The molecule has 0 amide bonds. The molecule has 0 aliphatic carbocycles. The minimum absolute atomic E-state index is 0.136. The summed E-state index contributed by atoms with van der Waals surface area (Å²) in [4.78, 5) is 0. The highest BCUT2D eigenvalue weighted by atomic mass is 32.2. The van der Waals surface area contributed by atoms with E-state index in [0.717, 1.165) is 6.07 Å². The zero-order valence-electron chi connectivity index (χ0n) is 10.1. The number of rotatable bonds is 6. The lowest BCUT2D eigenvalue weighted by Gasteiger charge is -2.13. The molecule has 1 N–H and O–H groups in total. The first-order chi connectivity index (χ1) is 8.45. The summed E-state index contributed by atoms with van der Waals surface area (Å²) in [5, 5.41) is 2.89. The Morgan fingerprint density at radius 3 is 2.56 bits per heavy atom. The summed E-state index contributed by atoms with van der Waals surface area (Å²) >= 11 is 0. The molecule has 1 aromatic rings. The molecule has 1 aromatic carbocycles. The van der Waals surface area contributed by atoms with Crippen LogP contribution in [0.5, 0.6) is 0 Å². The quantitative estimate of drug-likeness (QED) is 0.811. The third-order valence-electron chi connectivity index (χ3n) is 2.47. The molecule has 0 spiro atoms. The summed E-state index contributed by atoms with van der Waals surface area (Å²) in [6, 6.07) is 5.47. The summed E-state index contributed by atoms with van der Waals surface area (Å²) in [7, 11) is -0.892. The fourth-order valence-corrected chi connectivity index (χ4v) is 2.17. The molecule has 0 radical (unpaired) electrons. The predicted octanol–water partition coefficient (Wildman–Crippen LogP) is 2.56. The second kappa shape index (κ2) is 6.89. The third-order valence-corrected chi connectivity index (χ3v) is 3.77. The number of alkyl halides is 3. The maximum atomic E-state index is 12.7. The van der Waals surface area contributed by atoms with Gasteiger partial charge in [0.25, 0.3) is 0 Å². The minimum atomic E-state index is -4.33. The number of nitrogens with one attached hydrogen (secondary N) is 1. The first-order valence-corrected chi connectivity index (χ1v) is 7.14. The van der Waals surface area contributed by atoms with Gasteiger partial charge in [-0.2, -0.15) is 13.2 Å². The van der Waals surface area contributed by atoms with Gasteiger partial charge in [0.1, 0.15) is 0 Å². The molecule has 0 saturated heterocycles. The van der Waals surface area contributed by atoms with E-state index in [1.807, 2.05) is 6.92 Å². The average Bonchev–Trinajstić information content (AvgIpc) is 2.33. The standard InChI is InChI=1S/C12H16F3NOS/c1-2-18(17)8-7-16-9-10-5-3-4-6-11(10)12(13,14)15/h3-6,16H,2,7-9H2,1H3. The van der Waals surface area contributed by atoms with E-state index in [9.17, 15) is 17.4 Å². The van der Waals surface area contributed by atoms with Gasteiger partial charge in [-0.3, -0.25) is 4.21 Å². The Morgan fingerprint density at radius 2 is 1.94 bits per heavy atom. The van der Waals surface area contributed by atoms with Gasteiger partial charge in [0.15, 0.2) is 0 Å². The van der Waals surface area contributed by atoms with Gasteiger partial charge in [-0.25, -0.2) is 0 Å². The first-order valence-electron chi connectivity index (χ1n) is 5.66. The second-order valence-corrected chi connectivity index (χ2v) is 5.63. The van der Waals surface area contributed by atoms with E-state index in [0.29, 0.717) is 18.1 Å². The fraction of sp³-hybridized carbons (Fsp3) is 0.500. The number of hydrogen-bond acceptors (Lipinski definition) is 2. The van der Waals surface area contributed by atoms with Crippen molar-refractivity contribution in [2.24, 2.45) is 0 Å². The molecule has 2 nitrogen and oxygen atoms in total.